The molecule has 3 unspecified atom stereocenters. The zero-order valence-electron chi connectivity index (χ0n) is 12.6. The van der Waals surface area contributed by atoms with Gasteiger partial charge in [0.25, 0.3) is 0 Å². The number of morpholine rings is 1. The molecule has 2 fully saturated rings. The van der Waals surface area contributed by atoms with Gasteiger partial charge in [-0.15, -0.1) is 0 Å². The summed E-state index contributed by atoms with van der Waals surface area (Å²) in [5, 5.41) is 0. The molecule has 0 saturated carbocycles. The maximum Gasteiger partial charge on any atom is 0.0622 e. The van der Waals surface area contributed by atoms with E-state index in [0.717, 1.165) is 58.6 Å². The highest BCUT2D eigenvalue weighted by Gasteiger charge is 2.43. The molecule has 0 radical (unpaired) electrons. The smallest absolute Gasteiger partial charge is 0.0622 e. The molecule has 2 heterocycles. The predicted molar refractivity (Wildman–Crippen MR) is 77.3 cm³/mol. The second-order valence-corrected chi connectivity index (χ2v) is 5.99. The summed E-state index contributed by atoms with van der Waals surface area (Å²) in [6, 6.07) is 0.526. The predicted octanol–water partition coefficient (Wildman–Crippen LogP) is 1.77. The molecule has 2 aliphatic rings. The van der Waals surface area contributed by atoms with Crippen molar-refractivity contribution >= 4 is 0 Å². The monoisotopic (exact) mass is 270 g/mol. The van der Waals surface area contributed by atoms with E-state index in [9.17, 15) is 0 Å². The van der Waals surface area contributed by atoms with E-state index in [1.54, 1.807) is 0 Å². The molecule has 2 rings (SSSR count). The zero-order chi connectivity index (χ0) is 13.7. The Bertz CT molecular complexity index is 273. The molecule has 19 heavy (non-hydrogen) atoms. The fourth-order valence-corrected chi connectivity index (χ4v) is 3.69. The van der Waals surface area contributed by atoms with Gasteiger partial charge >= 0.3 is 0 Å². The van der Waals surface area contributed by atoms with Crippen molar-refractivity contribution in [2.75, 3.05) is 32.9 Å². The highest BCUT2D eigenvalue weighted by molar-refractivity contribution is 4.99. The third-order valence-electron chi connectivity index (χ3n) is 4.83. The maximum atomic E-state index is 6.21. The molecule has 4 nitrogen and oxygen atoms in total. The molecule has 0 aromatic rings. The Hall–Kier alpha value is -0.160. The SMILES string of the molecule is CCCC1CC(CN)(N2CCOCC2CC)CCO1. The fraction of sp³-hybridized carbons (Fsp3) is 1.00. The Labute approximate surface area is 117 Å². The van der Waals surface area contributed by atoms with E-state index in [2.05, 4.69) is 18.7 Å². The lowest BCUT2D eigenvalue weighted by Crippen LogP contribution is -2.64. The molecule has 2 aliphatic heterocycles. The van der Waals surface area contributed by atoms with Crippen molar-refractivity contribution in [1.82, 2.24) is 4.90 Å². The highest BCUT2D eigenvalue weighted by Crippen LogP contribution is 2.34. The lowest BCUT2D eigenvalue weighted by Gasteiger charge is -2.52. The summed E-state index contributed by atoms with van der Waals surface area (Å²) in [6.07, 6.45) is 6.03. The van der Waals surface area contributed by atoms with Gasteiger partial charge in [0.15, 0.2) is 0 Å². The Morgan fingerprint density at radius 1 is 1.32 bits per heavy atom. The summed E-state index contributed by atoms with van der Waals surface area (Å²) in [5.41, 5.74) is 6.35. The lowest BCUT2D eigenvalue weighted by molar-refractivity contribution is -0.121. The van der Waals surface area contributed by atoms with E-state index in [1.165, 1.54) is 6.42 Å². The van der Waals surface area contributed by atoms with Crippen LogP contribution in [0.15, 0.2) is 0 Å². The van der Waals surface area contributed by atoms with Gasteiger partial charge in [-0.2, -0.15) is 0 Å². The second kappa shape index (κ2) is 7.02. The molecule has 2 saturated heterocycles. The molecule has 0 bridgehead atoms. The quantitative estimate of drug-likeness (QED) is 0.827. The van der Waals surface area contributed by atoms with Crippen molar-refractivity contribution in [3.63, 3.8) is 0 Å². The normalized spacial score (nSPS) is 37.4. The van der Waals surface area contributed by atoms with Crippen molar-refractivity contribution < 1.29 is 9.47 Å². The van der Waals surface area contributed by atoms with Crippen molar-refractivity contribution in [3.05, 3.63) is 0 Å². The number of hydrogen-bond acceptors (Lipinski definition) is 4. The van der Waals surface area contributed by atoms with E-state index in [4.69, 9.17) is 15.2 Å². The van der Waals surface area contributed by atoms with Crippen LogP contribution in [0.2, 0.25) is 0 Å². The first-order valence-electron chi connectivity index (χ1n) is 7.92. The van der Waals surface area contributed by atoms with Crippen molar-refractivity contribution in [1.29, 1.82) is 0 Å². The summed E-state index contributed by atoms with van der Waals surface area (Å²) < 4.78 is 11.6. The Balaban J connectivity index is 2.10. The van der Waals surface area contributed by atoms with Gasteiger partial charge < -0.3 is 15.2 Å². The van der Waals surface area contributed by atoms with Gasteiger partial charge in [0.1, 0.15) is 0 Å². The van der Waals surface area contributed by atoms with Crippen LogP contribution in [0.1, 0.15) is 46.0 Å². The molecule has 0 spiro atoms. The zero-order valence-corrected chi connectivity index (χ0v) is 12.6. The lowest BCUT2D eigenvalue weighted by atomic mass is 9.82. The summed E-state index contributed by atoms with van der Waals surface area (Å²) in [6.45, 7) is 8.80. The van der Waals surface area contributed by atoms with E-state index < -0.39 is 0 Å². The Morgan fingerprint density at radius 3 is 2.84 bits per heavy atom. The van der Waals surface area contributed by atoms with Crippen LogP contribution in [0.25, 0.3) is 0 Å². The number of rotatable bonds is 5. The first-order chi connectivity index (χ1) is 9.25. The van der Waals surface area contributed by atoms with Crippen LogP contribution in [-0.4, -0.2) is 55.5 Å². The Morgan fingerprint density at radius 2 is 2.16 bits per heavy atom. The van der Waals surface area contributed by atoms with E-state index in [1.807, 2.05) is 0 Å². The van der Waals surface area contributed by atoms with Gasteiger partial charge in [-0.05, 0) is 25.7 Å². The van der Waals surface area contributed by atoms with Crippen LogP contribution in [-0.2, 0) is 9.47 Å². The molecule has 112 valence electrons. The second-order valence-electron chi connectivity index (χ2n) is 5.99. The minimum Gasteiger partial charge on any atom is -0.378 e. The van der Waals surface area contributed by atoms with Crippen LogP contribution >= 0.6 is 0 Å². The Kier molecular flexibility index (Phi) is 5.63. The number of nitrogens with zero attached hydrogens (tertiary/aromatic N) is 1. The minimum absolute atomic E-state index is 0.141. The topological polar surface area (TPSA) is 47.7 Å². The van der Waals surface area contributed by atoms with Gasteiger partial charge in [-0.1, -0.05) is 20.3 Å². The third-order valence-corrected chi connectivity index (χ3v) is 4.83. The summed E-state index contributed by atoms with van der Waals surface area (Å²) in [5.74, 6) is 0. The molecule has 0 aromatic heterocycles. The summed E-state index contributed by atoms with van der Waals surface area (Å²) >= 11 is 0. The molecule has 0 aliphatic carbocycles. The highest BCUT2D eigenvalue weighted by atomic mass is 16.5. The largest absolute Gasteiger partial charge is 0.378 e. The van der Waals surface area contributed by atoms with Gasteiger partial charge in [-0.3, -0.25) is 4.90 Å². The van der Waals surface area contributed by atoms with Crippen molar-refractivity contribution in [2.45, 2.75) is 63.6 Å². The van der Waals surface area contributed by atoms with Gasteiger partial charge in [0.05, 0.1) is 19.3 Å². The first-order valence-corrected chi connectivity index (χ1v) is 7.92. The number of hydrogen-bond donors (Lipinski definition) is 1. The van der Waals surface area contributed by atoms with Gasteiger partial charge in [0.2, 0.25) is 0 Å². The van der Waals surface area contributed by atoms with Crippen molar-refractivity contribution in [2.24, 2.45) is 5.73 Å². The average Bonchev–Trinajstić information content (AvgIpc) is 2.47. The van der Waals surface area contributed by atoms with Crippen LogP contribution < -0.4 is 5.73 Å². The first kappa shape index (κ1) is 15.2. The van der Waals surface area contributed by atoms with E-state index in [-0.39, 0.29) is 5.54 Å². The summed E-state index contributed by atoms with van der Waals surface area (Å²) in [4.78, 5) is 2.64. The van der Waals surface area contributed by atoms with Gasteiger partial charge in [-0.25, -0.2) is 0 Å². The molecule has 2 N–H and O–H groups in total. The van der Waals surface area contributed by atoms with Crippen LogP contribution in [0.5, 0.6) is 0 Å². The van der Waals surface area contributed by atoms with Crippen LogP contribution in [0.3, 0.4) is 0 Å². The third kappa shape index (κ3) is 3.30. The van der Waals surface area contributed by atoms with Crippen molar-refractivity contribution in [3.8, 4) is 0 Å². The molecular weight excluding hydrogens is 240 g/mol. The molecule has 4 heteroatoms. The van der Waals surface area contributed by atoms with Crippen LogP contribution in [0.4, 0.5) is 0 Å². The fourth-order valence-electron chi connectivity index (χ4n) is 3.69. The molecular formula is C15H30N2O2. The van der Waals surface area contributed by atoms with E-state index >= 15 is 0 Å². The summed E-state index contributed by atoms with van der Waals surface area (Å²) in [7, 11) is 0. The molecule has 3 atom stereocenters. The molecule has 0 amide bonds. The average molecular weight is 270 g/mol. The minimum atomic E-state index is 0.141. The number of ether oxygens (including phenoxy) is 2. The standard InChI is InChI=1S/C15H30N2O2/c1-3-5-14-10-15(12-16,6-8-19-14)17-7-9-18-11-13(17)4-2/h13-14H,3-12,16H2,1-2H3. The molecule has 0 aromatic carbocycles. The maximum absolute atomic E-state index is 6.21. The van der Waals surface area contributed by atoms with Gasteiger partial charge in [0, 0.05) is 31.3 Å². The van der Waals surface area contributed by atoms with Crippen LogP contribution in [0, 0.1) is 0 Å². The van der Waals surface area contributed by atoms with E-state index in [0.29, 0.717) is 12.1 Å². The number of nitrogens with two attached hydrogens (primary N) is 1.